The molecular formula is C30H36N4O5. The third kappa shape index (κ3) is 5.63. The number of nitrogens with zero attached hydrogens (tertiary/aromatic N) is 3. The van der Waals surface area contributed by atoms with Crippen molar-refractivity contribution in [1.82, 2.24) is 15.1 Å². The lowest BCUT2D eigenvalue weighted by Crippen LogP contribution is -2.50. The largest absolute Gasteiger partial charge is 0.454 e. The standard InChI is InChI=1S/C30H36N4O5/c1-4-25(34-28(21-10-11-21)23(14-15-35)19(2)32-34)29(36)31-24(16-20-8-6-5-7-9-20)30(37)33(3)22-12-13-26-27(17-22)39-18-38-26/h5-9,12-13,17,21,24-25,35H,4,10-11,14-16,18H2,1-3H3,(H,31,36)/t24-,25?/m0/s1. The summed E-state index contributed by atoms with van der Waals surface area (Å²) in [5, 5.41) is 17.5. The first kappa shape index (κ1) is 26.7. The molecule has 0 spiro atoms. The maximum atomic E-state index is 13.8. The average molecular weight is 533 g/mol. The number of rotatable bonds is 11. The molecule has 0 bridgehead atoms. The van der Waals surface area contributed by atoms with Gasteiger partial charge in [-0.3, -0.25) is 14.3 Å². The smallest absolute Gasteiger partial charge is 0.249 e. The van der Waals surface area contributed by atoms with E-state index in [1.54, 1.807) is 30.1 Å². The molecule has 3 aromatic rings. The maximum absolute atomic E-state index is 13.8. The number of hydrogen-bond donors (Lipinski definition) is 2. The van der Waals surface area contributed by atoms with Crippen LogP contribution in [0.5, 0.6) is 11.5 Å². The zero-order valence-corrected chi connectivity index (χ0v) is 22.7. The van der Waals surface area contributed by atoms with Gasteiger partial charge in [-0.2, -0.15) is 5.10 Å². The van der Waals surface area contributed by atoms with Crippen LogP contribution < -0.4 is 19.7 Å². The Morgan fingerprint density at radius 2 is 1.90 bits per heavy atom. The third-order valence-electron chi connectivity index (χ3n) is 7.53. The molecule has 2 atom stereocenters. The molecule has 1 aromatic heterocycles. The molecule has 1 aliphatic heterocycles. The fourth-order valence-electron chi connectivity index (χ4n) is 5.29. The molecule has 2 aromatic carbocycles. The van der Waals surface area contributed by atoms with Crippen molar-refractivity contribution in [3.63, 3.8) is 0 Å². The van der Waals surface area contributed by atoms with Crippen LogP contribution in [0, 0.1) is 6.92 Å². The molecule has 9 heteroatoms. The predicted octanol–water partition coefficient (Wildman–Crippen LogP) is 3.67. The molecule has 9 nitrogen and oxygen atoms in total. The lowest BCUT2D eigenvalue weighted by Gasteiger charge is -2.27. The number of amides is 2. The van der Waals surface area contributed by atoms with Gasteiger partial charge >= 0.3 is 0 Å². The van der Waals surface area contributed by atoms with Gasteiger partial charge in [0.25, 0.3) is 0 Å². The van der Waals surface area contributed by atoms with Gasteiger partial charge in [0.2, 0.25) is 18.6 Å². The number of carbonyl (C=O) groups is 2. The number of aliphatic hydroxyl groups is 1. The summed E-state index contributed by atoms with van der Waals surface area (Å²) in [5.74, 6) is 1.10. The summed E-state index contributed by atoms with van der Waals surface area (Å²) >= 11 is 0. The molecule has 0 saturated heterocycles. The highest BCUT2D eigenvalue weighted by Gasteiger charge is 2.36. The van der Waals surface area contributed by atoms with Gasteiger partial charge in [0.15, 0.2) is 11.5 Å². The highest BCUT2D eigenvalue weighted by Crippen LogP contribution is 2.43. The first-order valence-corrected chi connectivity index (χ1v) is 13.6. The molecule has 2 N–H and O–H groups in total. The number of aromatic nitrogens is 2. The van der Waals surface area contributed by atoms with Crippen molar-refractivity contribution in [2.45, 2.75) is 64.0 Å². The van der Waals surface area contributed by atoms with Gasteiger partial charge in [-0.15, -0.1) is 0 Å². The minimum absolute atomic E-state index is 0.0368. The molecule has 0 radical (unpaired) electrons. The second kappa shape index (κ2) is 11.5. The Balaban J connectivity index is 1.42. The number of ether oxygens (including phenoxy) is 2. The van der Waals surface area contributed by atoms with Gasteiger partial charge in [0.05, 0.1) is 5.69 Å². The van der Waals surface area contributed by atoms with E-state index in [9.17, 15) is 14.7 Å². The van der Waals surface area contributed by atoms with Crippen LogP contribution in [0.25, 0.3) is 0 Å². The maximum Gasteiger partial charge on any atom is 0.249 e. The highest BCUT2D eigenvalue weighted by atomic mass is 16.7. The van der Waals surface area contributed by atoms with Gasteiger partial charge in [-0.05, 0) is 55.9 Å². The van der Waals surface area contributed by atoms with E-state index in [2.05, 4.69) is 5.32 Å². The zero-order chi connectivity index (χ0) is 27.5. The Hall–Kier alpha value is -3.85. The molecule has 1 aliphatic carbocycles. The van der Waals surface area contributed by atoms with E-state index in [0.717, 1.165) is 35.4 Å². The van der Waals surface area contributed by atoms with Crippen molar-refractivity contribution in [2.24, 2.45) is 0 Å². The first-order valence-electron chi connectivity index (χ1n) is 13.6. The van der Waals surface area contributed by atoms with Gasteiger partial charge < -0.3 is 24.8 Å². The van der Waals surface area contributed by atoms with Crippen LogP contribution in [0.2, 0.25) is 0 Å². The minimum atomic E-state index is -0.790. The summed E-state index contributed by atoms with van der Waals surface area (Å²) in [6, 6.07) is 13.7. The Bertz CT molecular complexity index is 1330. The second-order valence-corrected chi connectivity index (χ2v) is 10.3. The molecule has 2 amide bonds. The van der Waals surface area contributed by atoms with Crippen molar-refractivity contribution in [1.29, 1.82) is 0 Å². The number of carbonyl (C=O) groups excluding carboxylic acids is 2. The SMILES string of the molecule is CCC(C(=O)N[C@@H](Cc1ccccc1)C(=O)N(C)c1ccc2c(c1)OCO2)n1nc(C)c(CCO)c1C1CC1. The second-order valence-electron chi connectivity index (χ2n) is 10.3. The zero-order valence-electron chi connectivity index (χ0n) is 22.7. The van der Waals surface area contributed by atoms with Crippen LogP contribution >= 0.6 is 0 Å². The van der Waals surface area contributed by atoms with Crippen LogP contribution in [0.1, 0.15) is 60.7 Å². The number of fused-ring (bicyclic) bond motifs is 1. The lowest BCUT2D eigenvalue weighted by molar-refractivity contribution is -0.129. The molecule has 2 heterocycles. The Labute approximate surface area is 228 Å². The number of aryl methyl sites for hydroxylation is 1. The summed E-state index contributed by atoms with van der Waals surface area (Å²) in [6.45, 7) is 4.07. The first-order chi connectivity index (χ1) is 18.9. The molecule has 2 aliphatic rings. The number of anilines is 1. The van der Waals surface area contributed by atoms with Crippen LogP contribution in [0.15, 0.2) is 48.5 Å². The van der Waals surface area contributed by atoms with Crippen molar-refractivity contribution in [3.05, 3.63) is 71.0 Å². The Morgan fingerprint density at radius 3 is 2.59 bits per heavy atom. The monoisotopic (exact) mass is 532 g/mol. The Morgan fingerprint density at radius 1 is 1.15 bits per heavy atom. The normalized spacial score (nSPS) is 15.6. The van der Waals surface area contributed by atoms with E-state index in [1.807, 2.05) is 48.9 Å². The summed E-state index contributed by atoms with van der Waals surface area (Å²) in [6.07, 6.45) is 3.49. The average Bonchev–Trinajstić information content (AvgIpc) is 3.58. The van der Waals surface area contributed by atoms with Crippen LogP contribution in [0.4, 0.5) is 5.69 Å². The minimum Gasteiger partial charge on any atom is -0.454 e. The molecule has 1 saturated carbocycles. The Kier molecular flexibility index (Phi) is 7.88. The predicted molar refractivity (Wildman–Crippen MR) is 147 cm³/mol. The van der Waals surface area contributed by atoms with Crippen LogP contribution in [-0.4, -0.2) is 53.2 Å². The van der Waals surface area contributed by atoms with E-state index in [-0.39, 0.29) is 25.2 Å². The van der Waals surface area contributed by atoms with E-state index in [1.165, 1.54) is 0 Å². The van der Waals surface area contributed by atoms with Gasteiger partial charge in [0, 0.05) is 43.4 Å². The van der Waals surface area contributed by atoms with Crippen molar-refractivity contribution < 1.29 is 24.2 Å². The van der Waals surface area contributed by atoms with Crippen molar-refractivity contribution in [3.8, 4) is 11.5 Å². The summed E-state index contributed by atoms with van der Waals surface area (Å²) in [5.41, 5.74) is 4.52. The fraction of sp³-hybridized carbons (Fsp3) is 0.433. The lowest BCUT2D eigenvalue weighted by atomic mass is 10.0. The number of hydrogen-bond acceptors (Lipinski definition) is 6. The molecular weight excluding hydrogens is 496 g/mol. The van der Waals surface area contributed by atoms with Gasteiger partial charge in [-0.25, -0.2) is 0 Å². The number of aliphatic hydroxyl groups excluding tert-OH is 1. The van der Waals surface area contributed by atoms with Crippen LogP contribution in [0.3, 0.4) is 0 Å². The van der Waals surface area contributed by atoms with Crippen molar-refractivity contribution in [2.75, 3.05) is 25.3 Å². The van der Waals surface area contributed by atoms with E-state index < -0.39 is 12.1 Å². The summed E-state index contributed by atoms with van der Waals surface area (Å²) in [7, 11) is 1.70. The van der Waals surface area contributed by atoms with E-state index >= 15 is 0 Å². The summed E-state index contributed by atoms with van der Waals surface area (Å²) < 4.78 is 12.7. The molecule has 1 fully saturated rings. The molecule has 206 valence electrons. The number of benzene rings is 2. The highest BCUT2D eigenvalue weighted by molar-refractivity contribution is 5.99. The van der Waals surface area contributed by atoms with Gasteiger partial charge in [-0.1, -0.05) is 37.3 Å². The molecule has 5 rings (SSSR count). The summed E-state index contributed by atoms with van der Waals surface area (Å²) in [4.78, 5) is 29.2. The third-order valence-corrected chi connectivity index (χ3v) is 7.53. The quantitative estimate of drug-likeness (QED) is 0.390. The molecule has 39 heavy (non-hydrogen) atoms. The fourth-order valence-corrected chi connectivity index (χ4v) is 5.29. The topological polar surface area (TPSA) is 106 Å². The van der Waals surface area contributed by atoms with Crippen molar-refractivity contribution >= 4 is 17.5 Å². The number of nitrogens with one attached hydrogen (secondary N) is 1. The number of likely N-dealkylation sites (N-methyl/N-ethyl adjacent to an activating group) is 1. The molecule has 1 unspecified atom stereocenters. The van der Waals surface area contributed by atoms with E-state index in [4.69, 9.17) is 14.6 Å². The van der Waals surface area contributed by atoms with Crippen LogP contribution in [-0.2, 0) is 22.4 Å². The van der Waals surface area contributed by atoms with Gasteiger partial charge in [0.1, 0.15) is 12.1 Å². The van der Waals surface area contributed by atoms with E-state index in [0.29, 0.717) is 42.4 Å².